The summed E-state index contributed by atoms with van der Waals surface area (Å²) < 4.78 is 10.7. The molecule has 4 rings (SSSR count). The van der Waals surface area contributed by atoms with Gasteiger partial charge in [-0.3, -0.25) is 4.79 Å². The molecule has 0 bridgehead atoms. The van der Waals surface area contributed by atoms with Crippen LogP contribution in [0.25, 0.3) is 11.5 Å². The van der Waals surface area contributed by atoms with Crippen LogP contribution in [0, 0.1) is 5.92 Å². The summed E-state index contributed by atoms with van der Waals surface area (Å²) in [5.74, 6) is 0.239. The summed E-state index contributed by atoms with van der Waals surface area (Å²) in [6, 6.07) is 15.9. The zero-order valence-electron chi connectivity index (χ0n) is 14.4. The number of esters is 1. The first-order valence-electron chi connectivity index (χ1n) is 8.65. The third-order valence-corrected chi connectivity index (χ3v) is 4.15. The highest BCUT2D eigenvalue weighted by atomic mass is 16.5. The minimum Gasteiger partial charge on any atom is -0.452 e. The summed E-state index contributed by atoms with van der Waals surface area (Å²) in [5.41, 5.74) is 1.83. The Kier molecular flexibility index (Phi) is 4.65. The highest BCUT2D eigenvalue weighted by Crippen LogP contribution is 2.30. The number of aromatic nitrogens is 2. The van der Waals surface area contributed by atoms with Crippen molar-refractivity contribution in [1.82, 2.24) is 10.2 Å². The summed E-state index contributed by atoms with van der Waals surface area (Å²) in [7, 11) is 0. The third-order valence-electron chi connectivity index (χ3n) is 4.15. The number of carbonyl (C=O) groups excluding carboxylic acids is 2. The van der Waals surface area contributed by atoms with Crippen molar-refractivity contribution in [3.05, 3.63) is 66.1 Å². The van der Waals surface area contributed by atoms with Crippen molar-refractivity contribution in [3.63, 3.8) is 0 Å². The fourth-order valence-electron chi connectivity index (χ4n) is 2.50. The lowest BCUT2D eigenvalue weighted by molar-refractivity contribution is -0.117. The monoisotopic (exact) mass is 363 g/mol. The molecule has 1 heterocycles. The van der Waals surface area contributed by atoms with Crippen LogP contribution in [0.5, 0.6) is 0 Å². The van der Waals surface area contributed by atoms with E-state index in [9.17, 15) is 9.59 Å². The Hall–Kier alpha value is -3.48. The molecule has 0 radical (unpaired) electrons. The van der Waals surface area contributed by atoms with Gasteiger partial charge in [-0.15, -0.1) is 10.2 Å². The van der Waals surface area contributed by atoms with E-state index in [0.29, 0.717) is 17.1 Å². The number of rotatable bonds is 6. The van der Waals surface area contributed by atoms with E-state index in [0.717, 1.165) is 18.4 Å². The molecule has 1 aliphatic carbocycles. The highest BCUT2D eigenvalue weighted by Gasteiger charge is 2.29. The molecule has 3 aromatic rings. The van der Waals surface area contributed by atoms with Gasteiger partial charge in [0.25, 0.3) is 5.89 Å². The second kappa shape index (κ2) is 7.41. The van der Waals surface area contributed by atoms with E-state index in [4.69, 9.17) is 9.15 Å². The fourth-order valence-corrected chi connectivity index (χ4v) is 2.50. The number of benzene rings is 2. The number of nitrogens with one attached hydrogen (secondary N) is 1. The lowest BCUT2D eigenvalue weighted by Crippen LogP contribution is -2.13. The van der Waals surface area contributed by atoms with Gasteiger partial charge in [-0.25, -0.2) is 4.79 Å². The third kappa shape index (κ3) is 4.20. The summed E-state index contributed by atoms with van der Waals surface area (Å²) in [5, 5.41) is 10.7. The molecule has 7 nitrogen and oxygen atoms in total. The van der Waals surface area contributed by atoms with E-state index < -0.39 is 5.97 Å². The Morgan fingerprint density at radius 1 is 1.04 bits per heavy atom. The zero-order chi connectivity index (χ0) is 18.6. The van der Waals surface area contributed by atoms with Crippen LogP contribution in [0.1, 0.15) is 29.1 Å². The highest BCUT2D eigenvalue weighted by molar-refractivity contribution is 5.95. The van der Waals surface area contributed by atoms with Gasteiger partial charge in [0.05, 0.1) is 5.56 Å². The van der Waals surface area contributed by atoms with Crippen molar-refractivity contribution < 1.29 is 18.7 Å². The van der Waals surface area contributed by atoms with E-state index >= 15 is 0 Å². The molecule has 1 saturated carbocycles. The summed E-state index contributed by atoms with van der Waals surface area (Å²) in [6.07, 6.45) is 1.88. The van der Waals surface area contributed by atoms with Crippen LogP contribution in [0.2, 0.25) is 0 Å². The molecule has 1 amide bonds. The maximum absolute atomic E-state index is 12.1. The standard InChI is InChI=1S/C20H17N3O4/c24-18(13-6-7-13)21-16-10-8-15(9-11-16)20(25)26-12-17-22-23-19(27-17)14-4-2-1-3-5-14/h1-5,8-11,13H,6-7,12H2,(H,21,24). The lowest BCUT2D eigenvalue weighted by Gasteiger charge is -2.06. The molecule has 0 atom stereocenters. The maximum atomic E-state index is 12.1. The topological polar surface area (TPSA) is 94.3 Å². The number of hydrogen-bond donors (Lipinski definition) is 1. The molecule has 0 spiro atoms. The van der Waals surface area contributed by atoms with Gasteiger partial charge in [0, 0.05) is 17.2 Å². The van der Waals surface area contributed by atoms with Crippen LogP contribution in [0.3, 0.4) is 0 Å². The summed E-state index contributed by atoms with van der Waals surface area (Å²) in [4.78, 5) is 23.9. The molecule has 0 aliphatic heterocycles. The Bertz CT molecular complexity index is 947. The van der Waals surface area contributed by atoms with Crippen LogP contribution in [0.4, 0.5) is 5.69 Å². The largest absolute Gasteiger partial charge is 0.452 e. The summed E-state index contributed by atoms with van der Waals surface area (Å²) >= 11 is 0. The SMILES string of the molecule is O=C(OCc1nnc(-c2ccccc2)o1)c1ccc(NC(=O)C2CC2)cc1. The Balaban J connectivity index is 1.32. The van der Waals surface area contributed by atoms with Crippen molar-refractivity contribution in [3.8, 4) is 11.5 Å². The fraction of sp³-hybridized carbons (Fsp3) is 0.200. The minimum absolute atomic E-state index is 0.0240. The molecule has 7 heteroatoms. The molecule has 2 aromatic carbocycles. The van der Waals surface area contributed by atoms with Gasteiger partial charge < -0.3 is 14.5 Å². The first-order valence-corrected chi connectivity index (χ1v) is 8.65. The second-order valence-corrected chi connectivity index (χ2v) is 6.28. The minimum atomic E-state index is -0.505. The predicted octanol–water partition coefficient (Wildman–Crippen LogP) is 3.44. The first-order chi connectivity index (χ1) is 13.2. The molecular formula is C20H17N3O4. The normalized spacial score (nSPS) is 13.2. The Morgan fingerprint density at radius 3 is 2.48 bits per heavy atom. The van der Waals surface area contributed by atoms with Crippen molar-refractivity contribution >= 4 is 17.6 Å². The second-order valence-electron chi connectivity index (χ2n) is 6.28. The summed E-state index contributed by atoms with van der Waals surface area (Å²) in [6.45, 7) is -0.112. The van der Waals surface area contributed by atoms with Gasteiger partial charge in [-0.2, -0.15) is 0 Å². The Morgan fingerprint density at radius 2 is 1.78 bits per heavy atom. The van der Waals surface area contributed by atoms with Crippen LogP contribution in [-0.2, 0) is 16.1 Å². The number of anilines is 1. The molecule has 136 valence electrons. The van der Waals surface area contributed by atoms with Crippen molar-refractivity contribution in [2.24, 2.45) is 5.92 Å². The van der Waals surface area contributed by atoms with E-state index in [1.807, 2.05) is 30.3 Å². The molecular weight excluding hydrogens is 346 g/mol. The molecule has 1 aromatic heterocycles. The smallest absolute Gasteiger partial charge is 0.338 e. The van der Waals surface area contributed by atoms with Gasteiger partial charge in [-0.1, -0.05) is 18.2 Å². The van der Waals surface area contributed by atoms with E-state index in [2.05, 4.69) is 15.5 Å². The van der Waals surface area contributed by atoms with Crippen molar-refractivity contribution in [2.45, 2.75) is 19.4 Å². The van der Waals surface area contributed by atoms with Gasteiger partial charge in [0.15, 0.2) is 6.61 Å². The van der Waals surface area contributed by atoms with Crippen LogP contribution in [-0.4, -0.2) is 22.1 Å². The van der Waals surface area contributed by atoms with Crippen LogP contribution in [0.15, 0.2) is 59.0 Å². The first kappa shape index (κ1) is 17.0. The van der Waals surface area contributed by atoms with Gasteiger partial charge in [0.1, 0.15) is 0 Å². The number of carbonyl (C=O) groups is 2. The molecule has 1 fully saturated rings. The van der Waals surface area contributed by atoms with Gasteiger partial charge >= 0.3 is 5.97 Å². The van der Waals surface area contributed by atoms with Gasteiger partial charge in [-0.05, 0) is 49.2 Å². The Labute approximate surface area is 155 Å². The lowest BCUT2D eigenvalue weighted by atomic mass is 10.2. The van der Waals surface area contributed by atoms with E-state index in [1.54, 1.807) is 24.3 Å². The van der Waals surface area contributed by atoms with E-state index in [-0.39, 0.29) is 24.3 Å². The number of ether oxygens (including phenoxy) is 1. The average Bonchev–Trinajstić information content (AvgIpc) is 3.46. The number of amides is 1. The van der Waals surface area contributed by atoms with Crippen molar-refractivity contribution in [1.29, 1.82) is 0 Å². The number of hydrogen-bond acceptors (Lipinski definition) is 6. The quantitative estimate of drug-likeness (QED) is 0.674. The molecule has 1 N–H and O–H groups in total. The molecule has 1 aliphatic rings. The zero-order valence-corrected chi connectivity index (χ0v) is 14.4. The molecule has 27 heavy (non-hydrogen) atoms. The predicted molar refractivity (Wildman–Crippen MR) is 96.6 cm³/mol. The van der Waals surface area contributed by atoms with Crippen LogP contribution < -0.4 is 5.32 Å². The number of nitrogens with zero attached hydrogens (tertiary/aromatic N) is 2. The molecule has 0 unspecified atom stereocenters. The average molecular weight is 363 g/mol. The van der Waals surface area contributed by atoms with E-state index in [1.165, 1.54) is 0 Å². The van der Waals surface area contributed by atoms with Gasteiger partial charge in [0.2, 0.25) is 11.8 Å². The maximum Gasteiger partial charge on any atom is 0.338 e. The van der Waals surface area contributed by atoms with Crippen LogP contribution >= 0.6 is 0 Å². The van der Waals surface area contributed by atoms with Crippen molar-refractivity contribution in [2.75, 3.05) is 5.32 Å². The molecule has 0 saturated heterocycles.